The Bertz CT molecular complexity index is 653. The third-order valence-electron chi connectivity index (χ3n) is 5.20. The van der Waals surface area contributed by atoms with Crippen molar-refractivity contribution < 1.29 is 9.47 Å². The molecule has 0 amide bonds. The van der Waals surface area contributed by atoms with Crippen molar-refractivity contribution in [2.45, 2.75) is 38.1 Å². The molecule has 1 aliphatic heterocycles. The van der Waals surface area contributed by atoms with Crippen LogP contribution in [0.5, 0.6) is 0 Å². The molecule has 1 saturated heterocycles. The summed E-state index contributed by atoms with van der Waals surface area (Å²) in [6.45, 7) is 4.22. The van der Waals surface area contributed by atoms with E-state index in [0.717, 1.165) is 44.7 Å². The van der Waals surface area contributed by atoms with Crippen LogP contribution in [-0.2, 0) is 22.6 Å². The van der Waals surface area contributed by atoms with Gasteiger partial charge in [-0.2, -0.15) is 0 Å². The van der Waals surface area contributed by atoms with Crippen LogP contribution in [0.25, 0.3) is 0 Å². The molecule has 1 unspecified atom stereocenters. The number of morpholine rings is 1. The summed E-state index contributed by atoms with van der Waals surface area (Å²) < 4.78 is 12.0. The fraction of sp³-hybridized carbons (Fsp3) is 0.500. The van der Waals surface area contributed by atoms with Gasteiger partial charge in [0.05, 0.1) is 19.3 Å². The maximum absolute atomic E-state index is 6.04. The van der Waals surface area contributed by atoms with Gasteiger partial charge in [-0.3, -0.25) is 14.9 Å². The predicted octanol–water partition coefficient (Wildman–Crippen LogP) is 2.67. The van der Waals surface area contributed by atoms with Crippen molar-refractivity contribution in [1.29, 1.82) is 0 Å². The lowest BCUT2D eigenvalue weighted by Crippen LogP contribution is -2.47. The molecule has 2 aromatic heterocycles. The zero-order chi connectivity index (χ0) is 16.9. The number of rotatable bonds is 6. The average molecular weight is 339 g/mol. The van der Waals surface area contributed by atoms with Gasteiger partial charge >= 0.3 is 0 Å². The highest BCUT2D eigenvalue weighted by Gasteiger charge is 2.40. The summed E-state index contributed by atoms with van der Waals surface area (Å²) in [5.74, 6) is 0.571. The molecular weight excluding hydrogens is 314 g/mol. The average Bonchev–Trinajstić information content (AvgIpc) is 3.08. The first-order valence-corrected chi connectivity index (χ1v) is 9.09. The maximum atomic E-state index is 6.04. The Labute approximate surface area is 149 Å². The lowest BCUT2D eigenvalue weighted by Gasteiger charge is -2.37. The Hall–Kier alpha value is -1.82. The normalized spacial score (nSPS) is 26.5. The molecule has 2 aromatic rings. The summed E-state index contributed by atoms with van der Waals surface area (Å²) in [7, 11) is 0. The lowest BCUT2D eigenvalue weighted by molar-refractivity contribution is -0.0591. The monoisotopic (exact) mass is 339 g/mol. The third-order valence-corrected chi connectivity index (χ3v) is 5.20. The van der Waals surface area contributed by atoms with E-state index < -0.39 is 0 Å². The van der Waals surface area contributed by atoms with Crippen molar-refractivity contribution in [2.75, 3.05) is 19.8 Å². The van der Waals surface area contributed by atoms with Crippen LogP contribution in [0.15, 0.2) is 49.1 Å². The second-order valence-electron chi connectivity index (χ2n) is 7.02. The molecule has 25 heavy (non-hydrogen) atoms. The SMILES string of the molecule is c1cncc(COCC2C[C@@H]3OCCN(Cc4cccnc4)[C@H]3C2)c1. The zero-order valence-corrected chi connectivity index (χ0v) is 14.5. The smallest absolute Gasteiger partial charge is 0.0734 e. The molecule has 1 saturated carbocycles. The number of nitrogens with zero attached hydrogens (tertiary/aromatic N) is 3. The van der Waals surface area contributed by atoms with Gasteiger partial charge in [0, 0.05) is 50.5 Å². The van der Waals surface area contributed by atoms with Crippen LogP contribution in [0.1, 0.15) is 24.0 Å². The minimum absolute atomic E-state index is 0.345. The van der Waals surface area contributed by atoms with E-state index >= 15 is 0 Å². The highest BCUT2D eigenvalue weighted by atomic mass is 16.5. The van der Waals surface area contributed by atoms with E-state index in [2.05, 4.69) is 27.0 Å². The molecule has 2 aliphatic rings. The van der Waals surface area contributed by atoms with E-state index in [-0.39, 0.29) is 0 Å². The van der Waals surface area contributed by atoms with Crippen molar-refractivity contribution in [2.24, 2.45) is 5.92 Å². The topological polar surface area (TPSA) is 47.5 Å². The summed E-state index contributed by atoms with van der Waals surface area (Å²) in [5.41, 5.74) is 2.41. The van der Waals surface area contributed by atoms with Crippen LogP contribution in [0, 0.1) is 5.92 Å². The molecule has 5 nitrogen and oxygen atoms in total. The molecule has 2 fully saturated rings. The fourth-order valence-corrected chi connectivity index (χ4v) is 4.01. The Morgan fingerprint density at radius 2 is 1.88 bits per heavy atom. The van der Waals surface area contributed by atoms with Gasteiger partial charge in [0.25, 0.3) is 0 Å². The molecule has 132 valence electrons. The molecule has 0 bridgehead atoms. The van der Waals surface area contributed by atoms with E-state index in [1.165, 1.54) is 5.56 Å². The predicted molar refractivity (Wildman–Crippen MR) is 94.8 cm³/mol. The molecule has 3 heterocycles. The number of fused-ring (bicyclic) bond motifs is 1. The van der Waals surface area contributed by atoms with E-state index in [9.17, 15) is 0 Å². The lowest BCUT2D eigenvalue weighted by atomic mass is 10.1. The number of ether oxygens (including phenoxy) is 2. The largest absolute Gasteiger partial charge is 0.376 e. The first kappa shape index (κ1) is 16.6. The van der Waals surface area contributed by atoms with Gasteiger partial charge in [-0.15, -0.1) is 0 Å². The van der Waals surface area contributed by atoms with Gasteiger partial charge in [-0.1, -0.05) is 12.1 Å². The van der Waals surface area contributed by atoms with Gasteiger partial charge in [-0.25, -0.2) is 0 Å². The molecule has 0 aromatic carbocycles. The maximum Gasteiger partial charge on any atom is 0.0734 e. The summed E-state index contributed by atoms with van der Waals surface area (Å²) in [5, 5.41) is 0. The molecular formula is C20H25N3O2. The molecule has 1 aliphatic carbocycles. The Morgan fingerprint density at radius 1 is 1.08 bits per heavy atom. The Balaban J connectivity index is 1.30. The molecule has 0 N–H and O–H groups in total. The van der Waals surface area contributed by atoms with E-state index in [1.807, 2.05) is 30.7 Å². The molecule has 0 radical (unpaired) electrons. The van der Waals surface area contributed by atoms with Gasteiger partial charge in [0.15, 0.2) is 0 Å². The van der Waals surface area contributed by atoms with Crippen molar-refractivity contribution >= 4 is 0 Å². The van der Waals surface area contributed by atoms with E-state index in [0.29, 0.717) is 24.7 Å². The van der Waals surface area contributed by atoms with E-state index in [4.69, 9.17) is 9.47 Å². The van der Waals surface area contributed by atoms with Gasteiger partial charge in [0.2, 0.25) is 0 Å². The van der Waals surface area contributed by atoms with Crippen LogP contribution in [0.3, 0.4) is 0 Å². The molecule has 3 atom stereocenters. The summed E-state index contributed by atoms with van der Waals surface area (Å²) in [4.78, 5) is 10.9. The van der Waals surface area contributed by atoms with Crippen molar-refractivity contribution in [3.63, 3.8) is 0 Å². The first-order chi connectivity index (χ1) is 12.4. The quantitative estimate of drug-likeness (QED) is 0.810. The summed E-state index contributed by atoms with van der Waals surface area (Å²) in [6.07, 6.45) is 10.0. The van der Waals surface area contributed by atoms with Gasteiger partial charge in [-0.05, 0) is 42.0 Å². The second kappa shape index (κ2) is 8.04. The molecule has 5 heteroatoms. The van der Waals surface area contributed by atoms with Crippen molar-refractivity contribution in [1.82, 2.24) is 14.9 Å². The van der Waals surface area contributed by atoms with Crippen molar-refractivity contribution in [3.8, 4) is 0 Å². The minimum atomic E-state index is 0.345. The number of pyridine rings is 2. The first-order valence-electron chi connectivity index (χ1n) is 9.09. The molecule has 0 spiro atoms. The Morgan fingerprint density at radius 3 is 2.64 bits per heavy atom. The van der Waals surface area contributed by atoms with Gasteiger partial charge in [0.1, 0.15) is 0 Å². The van der Waals surface area contributed by atoms with Crippen LogP contribution < -0.4 is 0 Å². The standard InChI is InChI=1S/C20H25N3O2/c1-3-16(11-21-5-1)13-23-7-8-25-20-10-18(9-19(20)23)15-24-14-17-4-2-6-22-12-17/h1-6,11-12,18-20H,7-10,13-15H2/t18?,19-,20-/m0/s1. The minimum Gasteiger partial charge on any atom is -0.376 e. The van der Waals surface area contributed by atoms with Crippen LogP contribution in [0.4, 0.5) is 0 Å². The van der Waals surface area contributed by atoms with Crippen molar-refractivity contribution in [3.05, 3.63) is 60.2 Å². The number of hydrogen-bond acceptors (Lipinski definition) is 5. The fourth-order valence-electron chi connectivity index (χ4n) is 4.01. The second-order valence-corrected chi connectivity index (χ2v) is 7.02. The Kier molecular flexibility index (Phi) is 5.35. The highest BCUT2D eigenvalue weighted by Crippen LogP contribution is 2.35. The summed E-state index contributed by atoms with van der Waals surface area (Å²) in [6, 6.07) is 8.67. The summed E-state index contributed by atoms with van der Waals surface area (Å²) >= 11 is 0. The third kappa shape index (κ3) is 4.24. The zero-order valence-electron chi connectivity index (χ0n) is 14.5. The van der Waals surface area contributed by atoms with Gasteiger partial charge < -0.3 is 9.47 Å². The van der Waals surface area contributed by atoms with Crippen LogP contribution in [0.2, 0.25) is 0 Å². The number of aromatic nitrogens is 2. The highest BCUT2D eigenvalue weighted by molar-refractivity contribution is 5.09. The molecule has 4 rings (SSSR count). The van der Waals surface area contributed by atoms with E-state index in [1.54, 1.807) is 6.20 Å². The van der Waals surface area contributed by atoms with Crippen LogP contribution in [-0.4, -0.2) is 46.8 Å². The number of hydrogen-bond donors (Lipinski definition) is 0. The van der Waals surface area contributed by atoms with Crippen LogP contribution >= 0.6 is 0 Å².